The van der Waals surface area contributed by atoms with Crippen molar-refractivity contribution in [3.05, 3.63) is 68.4 Å². The number of rotatable bonds is 8. The van der Waals surface area contributed by atoms with Crippen LogP contribution in [0.2, 0.25) is 0 Å². The molecule has 0 unspecified atom stereocenters. The van der Waals surface area contributed by atoms with Crippen LogP contribution in [0.15, 0.2) is 40.2 Å². The first-order valence-corrected chi connectivity index (χ1v) is 13.5. The van der Waals surface area contributed by atoms with Crippen molar-refractivity contribution in [2.75, 3.05) is 13.7 Å². The van der Waals surface area contributed by atoms with E-state index in [9.17, 15) is 18.8 Å². The molecule has 0 radical (unpaired) electrons. The quantitative estimate of drug-likeness (QED) is 0.298. The molecule has 0 bridgehead atoms. The van der Waals surface area contributed by atoms with Gasteiger partial charge in [-0.25, -0.2) is 13.8 Å². The van der Waals surface area contributed by atoms with Crippen molar-refractivity contribution in [3.8, 4) is 16.8 Å². The van der Waals surface area contributed by atoms with Gasteiger partial charge in [0.15, 0.2) is 0 Å². The fourth-order valence-electron chi connectivity index (χ4n) is 4.15. The molecule has 4 rings (SSSR count). The highest BCUT2D eigenvalue weighted by molar-refractivity contribution is 7.21. The Hall–Kier alpha value is -4.35. The molecule has 0 aliphatic rings. The number of benzene rings is 1. The van der Waals surface area contributed by atoms with Gasteiger partial charge in [0, 0.05) is 18.2 Å². The number of aromatic nitrogens is 5. The smallest absolute Gasteiger partial charge is 0.333 e. The molecule has 0 aliphatic heterocycles. The Morgan fingerprint density at radius 1 is 1.27 bits per heavy atom. The number of fused-ring (bicyclic) bond motifs is 1. The van der Waals surface area contributed by atoms with Gasteiger partial charge in [0.2, 0.25) is 5.91 Å². The number of aliphatic hydroxyl groups excluding tert-OH is 1. The molecule has 0 spiro atoms. The van der Waals surface area contributed by atoms with E-state index in [0.29, 0.717) is 26.7 Å². The van der Waals surface area contributed by atoms with Crippen LogP contribution in [0.25, 0.3) is 15.2 Å². The van der Waals surface area contributed by atoms with Crippen molar-refractivity contribution < 1.29 is 19.0 Å². The minimum atomic E-state index is -1.62. The van der Waals surface area contributed by atoms with Crippen molar-refractivity contribution in [3.63, 3.8) is 0 Å². The Bertz CT molecular complexity index is 1700. The Morgan fingerprint density at radius 3 is 2.49 bits per heavy atom. The summed E-state index contributed by atoms with van der Waals surface area (Å²) in [6.07, 6.45) is 3.03. The summed E-state index contributed by atoms with van der Waals surface area (Å²) in [6.45, 7) is 7.82. The maximum atomic E-state index is 14.0. The van der Waals surface area contributed by atoms with Crippen LogP contribution in [0.3, 0.4) is 0 Å². The summed E-state index contributed by atoms with van der Waals surface area (Å²) in [5.41, 5.74) is -1.90. The number of aliphatic hydroxyl groups is 1. The molecule has 0 fully saturated rings. The van der Waals surface area contributed by atoms with Crippen molar-refractivity contribution in [1.29, 1.82) is 5.26 Å². The van der Waals surface area contributed by atoms with E-state index in [4.69, 9.17) is 15.1 Å². The van der Waals surface area contributed by atoms with Gasteiger partial charge in [0.05, 0.1) is 31.0 Å². The summed E-state index contributed by atoms with van der Waals surface area (Å²) in [7, 11) is 1.47. The molecule has 3 heterocycles. The van der Waals surface area contributed by atoms with Crippen molar-refractivity contribution in [1.82, 2.24) is 29.4 Å². The highest BCUT2D eigenvalue weighted by Gasteiger charge is 2.35. The summed E-state index contributed by atoms with van der Waals surface area (Å²) in [5.74, 6) is -0.653. The van der Waals surface area contributed by atoms with Gasteiger partial charge >= 0.3 is 5.69 Å². The summed E-state index contributed by atoms with van der Waals surface area (Å²) in [5, 5.41) is 28.4. The second kappa shape index (κ2) is 12.9. The number of amides is 1. The molecule has 14 heteroatoms. The van der Waals surface area contributed by atoms with E-state index in [1.807, 2.05) is 6.07 Å². The van der Waals surface area contributed by atoms with E-state index < -0.39 is 28.5 Å². The van der Waals surface area contributed by atoms with E-state index in [0.717, 1.165) is 4.57 Å². The van der Waals surface area contributed by atoms with Crippen LogP contribution in [-0.2, 0) is 23.3 Å². The third-order valence-electron chi connectivity index (χ3n) is 6.08. The Kier molecular flexibility index (Phi) is 9.79. The molecule has 1 amide bonds. The SMILES string of the molecule is CC(C)O.COc1ccc(F)cc1CCn1c(=O)n(C(C)(C)C(=O)NCC#N)c(=O)c2c(C)c(-n3nccn3)sc21. The van der Waals surface area contributed by atoms with Crippen molar-refractivity contribution >= 4 is 27.5 Å². The predicted molar refractivity (Wildman–Crippen MR) is 152 cm³/mol. The molecular formula is C27H32FN7O5S. The van der Waals surface area contributed by atoms with Gasteiger partial charge < -0.3 is 15.2 Å². The average molecular weight is 586 g/mol. The molecular weight excluding hydrogens is 553 g/mol. The fourth-order valence-corrected chi connectivity index (χ4v) is 5.38. The standard InChI is InChI=1S/C24H24FN7O4S.C3H8O/c1-14-18-19(33)31(24(2,3)22(34)27-9-8-26)23(35)30(21(18)37-20(14)32-28-10-11-29-32)12-7-15-13-16(25)5-6-17(15)36-4;1-3(2)4/h5-6,10-11,13H,7,9,12H2,1-4H3,(H,27,34);3-4H,1-2H3. The van der Waals surface area contributed by atoms with Crippen LogP contribution in [0.4, 0.5) is 4.39 Å². The maximum absolute atomic E-state index is 14.0. The molecule has 0 saturated heterocycles. The lowest BCUT2D eigenvalue weighted by atomic mass is 10.0. The fraction of sp³-hybridized carbons (Fsp3) is 0.407. The van der Waals surface area contributed by atoms with Gasteiger partial charge in [-0.2, -0.15) is 15.5 Å². The molecule has 4 aromatic rings. The number of carbonyl (C=O) groups excluding carboxylic acids is 1. The lowest BCUT2D eigenvalue weighted by Gasteiger charge is -2.26. The zero-order chi connectivity index (χ0) is 30.5. The Labute approximate surface area is 239 Å². The van der Waals surface area contributed by atoms with Gasteiger partial charge in [-0.15, -0.1) is 4.80 Å². The van der Waals surface area contributed by atoms with Crippen LogP contribution < -0.4 is 21.3 Å². The van der Waals surface area contributed by atoms with Crippen LogP contribution in [-0.4, -0.2) is 54.9 Å². The van der Waals surface area contributed by atoms with Gasteiger partial charge in [-0.3, -0.25) is 14.2 Å². The first-order valence-electron chi connectivity index (χ1n) is 12.7. The number of nitrogens with one attached hydrogen (secondary N) is 1. The number of hydrogen-bond donors (Lipinski definition) is 2. The highest BCUT2D eigenvalue weighted by atomic mass is 32.1. The second-order valence-corrected chi connectivity index (χ2v) is 10.8. The van der Waals surface area contributed by atoms with Gasteiger partial charge in [-0.05, 0) is 64.8 Å². The zero-order valence-electron chi connectivity index (χ0n) is 23.6. The number of carbonyl (C=O) groups is 1. The summed E-state index contributed by atoms with van der Waals surface area (Å²) >= 11 is 1.17. The number of hydrogen-bond acceptors (Lipinski definition) is 9. The molecule has 0 atom stereocenters. The zero-order valence-corrected chi connectivity index (χ0v) is 24.5. The number of nitriles is 1. The number of aryl methyl sites for hydroxylation is 3. The molecule has 3 aromatic heterocycles. The number of methoxy groups -OCH3 is 1. The molecule has 0 aliphatic carbocycles. The largest absolute Gasteiger partial charge is 0.496 e. The van der Waals surface area contributed by atoms with Crippen LogP contribution in [0.5, 0.6) is 5.75 Å². The lowest BCUT2D eigenvalue weighted by Crippen LogP contribution is -2.55. The minimum Gasteiger partial charge on any atom is -0.496 e. The molecule has 41 heavy (non-hydrogen) atoms. The molecule has 12 nitrogen and oxygen atoms in total. The first-order chi connectivity index (χ1) is 19.3. The average Bonchev–Trinajstić information content (AvgIpc) is 3.55. The summed E-state index contributed by atoms with van der Waals surface area (Å²) in [6, 6.07) is 5.93. The van der Waals surface area contributed by atoms with Crippen molar-refractivity contribution in [2.24, 2.45) is 0 Å². The predicted octanol–water partition coefficient (Wildman–Crippen LogP) is 2.27. The Balaban J connectivity index is 0.00000108. The Morgan fingerprint density at radius 2 is 1.90 bits per heavy atom. The first kappa shape index (κ1) is 31.2. The minimum absolute atomic E-state index is 0.0667. The number of ether oxygens (including phenoxy) is 1. The summed E-state index contributed by atoms with van der Waals surface area (Å²) < 4.78 is 21.6. The van der Waals surface area contributed by atoms with E-state index in [-0.39, 0.29) is 31.0 Å². The van der Waals surface area contributed by atoms with Gasteiger partial charge in [-0.1, -0.05) is 11.3 Å². The molecule has 1 aromatic carbocycles. The maximum Gasteiger partial charge on any atom is 0.333 e. The molecule has 218 valence electrons. The molecule has 2 N–H and O–H groups in total. The van der Waals surface area contributed by atoms with E-state index in [2.05, 4.69) is 15.5 Å². The van der Waals surface area contributed by atoms with Gasteiger partial charge in [0.1, 0.15) is 33.5 Å². The lowest BCUT2D eigenvalue weighted by molar-refractivity contribution is -0.128. The summed E-state index contributed by atoms with van der Waals surface area (Å²) in [4.78, 5) is 42.2. The van der Waals surface area contributed by atoms with Gasteiger partial charge in [0.25, 0.3) is 5.56 Å². The monoisotopic (exact) mass is 585 g/mol. The van der Waals surface area contributed by atoms with E-state index >= 15 is 0 Å². The molecule has 0 saturated carbocycles. The third-order valence-corrected chi connectivity index (χ3v) is 7.36. The van der Waals surface area contributed by atoms with Crippen LogP contribution in [0, 0.1) is 24.1 Å². The topological polar surface area (TPSA) is 157 Å². The van der Waals surface area contributed by atoms with Crippen LogP contribution in [0.1, 0.15) is 38.8 Å². The number of nitrogens with zero attached hydrogens (tertiary/aromatic N) is 6. The second-order valence-electron chi connectivity index (χ2n) is 9.81. The third kappa shape index (κ3) is 6.53. The van der Waals surface area contributed by atoms with E-state index in [1.54, 1.807) is 20.8 Å². The van der Waals surface area contributed by atoms with Crippen LogP contribution >= 0.6 is 11.3 Å². The number of halogens is 1. The number of thiophene rings is 1. The van der Waals surface area contributed by atoms with E-state index in [1.165, 1.54) is 72.3 Å². The normalized spacial score (nSPS) is 11.2. The van der Waals surface area contributed by atoms with Crippen molar-refractivity contribution in [2.45, 2.75) is 59.2 Å². The highest BCUT2D eigenvalue weighted by Crippen LogP contribution is 2.31.